The summed E-state index contributed by atoms with van der Waals surface area (Å²) in [6.45, 7) is 17.9. The first-order valence-electron chi connectivity index (χ1n) is 12.7. The molecule has 210 valence electrons. The Morgan fingerprint density at radius 2 is 1.03 bits per heavy atom. The number of rotatable bonds is 19. The number of phenolic OH excluding ortho intramolecular Hbond substituents is 1. The summed E-state index contributed by atoms with van der Waals surface area (Å²) < 4.78 is 22.6. The normalized spacial score (nSPS) is 12.6. The van der Waals surface area contributed by atoms with E-state index in [9.17, 15) is 5.11 Å². The molecule has 0 aromatic heterocycles. The van der Waals surface area contributed by atoms with Crippen molar-refractivity contribution in [1.29, 1.82) is 0 Å². The van der Waals surface area contributed by atoms with Crippen LogP contribution in [0, 0.1) is 0 Å². The maximum Gasteiger partial charge on any atom is 0.123 e. The minimum absolute atomic E-state index is 0.160. The zero-order valence-electron chi connectivity index (χ0n) is 23.0. The molecule has 0 amide bonds. The summed E-state index contributed by atoms with van der Waals surface area (Å²) >= 11 is 12.0. The number of aromatic hydroxyl groups is 1. The number of hydrogen-bond acceptors (Lipinski definition) is 9. The fraction of sp³-hybridized carbons (Fsp3) is 0.778. The Labute approximate surface area is 239 Å². The molecule has 36 heavy (non-hydrogen) atoms. The van der Waals surface area contributed by atoms with Gasteiger partial charge in [-0.15, -0.1) is 23.5 Å². The van der Waals surface area contributed by atoms with Crippen LogP contribution in [0.4, 0.5) is 0 Å². The lowest BCUT2D eigenvalue weighted by Crippen LogP contribution is -2.18. The molecule has 0 atom stereocenters. The predicted octanol–water partition coefficient (Wildman–Crippen LogP) is 6.38. The van der Waals surface area contributed by atoms with Gasteiger partial charge in [-0.1, -0.05) is 41.5 Å². The predicted molar refractivity (Wildman–Crippen MR) is 164 cm³/mol. The Balaban J connectivity index is 2.89. The quantitative estimate of drug-likeness (QED) is 0.0998. The Bertz CT molecular complexity index is 664. The van der Waals surface area contributed by atoms with Crippen LogP contribution in [0.3, 0.4) is 0 Å². The second-order valence-corrected chi connectivity index (χ2v) is 14.1. The van der Waals surface area contributed by atoms with Crippen LogP contribution in [-0.4, -0.2) is 81.0 Å². The fourth-order valence-electron chi connectivity index (χ4n) is 3.38. The smallest absolute Gasteiger partial charge is 0.123 e. The summed E-state index contributed by atoms with van der Waals surface area (Å²) in [7, 11) is 0. The molecule has 1 rings (SSSR count). The van der Waals surface area contributed by atoms with Crippen molar-refractivity contribution in [2.24, 2.45) is 0 Å². The van der Waals surface area contributed by atoms with Crippen LogP contribution in [0.1, 0.15) is 62.8 Å². The zero-order valence-corrected chi connectivity index (χ0v) is 26.4. The number of thiol groups is 2. The fourth-order valence-corrected chi connectivity index (χ4v) is 6.11. The van der Waals surface area contributed by atoms with Crippen molar-refractivity contribution in [3.05, 3.63) is 28.8 Å². The van der Waals surface area contributed by atoms with E-state index in [1.807, 2.05) is 23.5 Å². The number of ether oxygens (including phenoxy) is 4. The van der Waals surface area contributed by atoms with E-state index >= 15 is 0 Å². The second-order valence-electron chi connectivity index (χ2n) is 10.4. The second kappa shape index (κ2) is 18.5. The third-order valence-corrected chi connectivity index (χ3v) is 8.37. The largest absolute Gasteiger partial charge is 0.507 e. The number of thioether (sulfide) groups is 2. The topological polar surface area (TPSA) is 57.2 Å². The third-order valence-electron chi connectivity index (χ3n) is 5.23. The minimum Gasteiger partial charge on any atom is -0.507 e. The molecule has 0 saturated carbocycles. The molecule has 0 saturated heterocycles. The van der Waals surface area contributed by atoms with Crippen LogP contribution in [0.2, 0.25) is 0 Å². The van der Waals surface area contributed by atoms with Crippen molar-refractivity contribution in [2.75, 3.05) is 75.9 Å². The van der Waals surface area contributed by atoms with Gasteiger partial charge in [0.2, 0.25) is 0 Å². The van der Waals surface area contributed by atoms with E-state index in [0.29, 0.717) is 58.6 Å². The van der Waals surface area contributed by atoms with Gasteiger partial charge in [-0.25, -0.2) is 0 Å². The monoisotopic (exact) mass is 580 g/mol. The SMILES string of the molecule is CC(C)(C)c1cc(C(SCCOCCOCCS)SCCOCCOCCS)cc(C(C)(C)C)c1O. The summed E-state index contributed by atoms with van der Waals surface area (Å²) in [5.41, 5.74) is 2.89. The summed E-state index contributed by atoms with van der Waals surface area (Å²) in [5, 5.41) is 11.1. The maximum atomic E-state index is 11.1. The Hall–Kier alpha value is 0.260. The molecule has 0 radical (unpaired) electrons. The van der Waals surface area contributed by atoms with Crippen molar-refractivity contribution in [1.82, 2.24) is 0 Å². The Morgan fingerprint density at radius 3 is 1.36 bits per heavy atom. The maximum absolute atomic E-state index is 11.1. The molecule has 1 aromatic rings. The van der Waals surface area contributed by atoms with Crippen LogP contribution in [-0.2, 0) is 29.8 Å². The number of hydrogen-bond donors (Lipinski definition) is 3. The lowest BCUT2D eigenvalue weighted by atomic mass is 9.78. The number of benzene rings is 1. The highest BCUT2D eigenvalue weighted by Gasteiger charge is 2.28. The molecular weight excluding hydrogens is 533 g/mol. The van der Waals surface area contributed by atoms with E-state index < -0.39 is 0 Å². The van der Waals surface area contributed by atoms with Gasteiger partial charge in [0.05, 0.1) is 57.4 Å². The van der Waals surface area contributed by atoms with E-state index in [1.54, 1.807) is 0 Å². The molecule has 0 fully saturated rings. The molecule has 1 N–H and O–H groups in total. The Kier molecular flexibility index (Phi) is 17.6. The summed E-state index contributed by atoms with van der Waals surface area (Å²) in [5.74, 6) is 3.61. The van der Waals surface area contributed by atoms with Crippen molar-refractivity contribution >= 4 is 48.8 Å². The first-order valence-corrected chi connectivity index (χ1v) is 16.0. The van der Waals surface area contributed by atoms with E-state index in [1.165, 1.54) is 5.56 Å². The third kappa shape index (κ3) is 13.9. The summed E-state index contributed by atoms with van der Waals surface area (Å²) in [4.78, 5) is 0. The molecule has 5 nitrogen and oxygen atoms in total. The zero-order chi connectivity index (χ0) is 27.0. The lowest BCUT2D eigenvalue weighted by molar-refractivity contribution is 0.0605. The van der Waals surface area contributed by atoms with E-state index in [4.69, 9.17) is 18.9 Å². The molecule has 0 aliphatic carbocycles. The van der Waals surface area contributed by atoms with Crippen LogP contribution in [0.25, 0.3) is 0 Å². The van der Waals surface area contributed by atoms with Gasteiger partial charge >= 0.3 is 0 Å². The van der Waals surface area contributed by atoms with Gasteiger partial charge < -0.3 is 24.1 Å². The average molecular weight is 581 g/mol. The van der Waals surface area contributed by atoms with Crippen LogP contribution in [0.5, 0.6) is 5.75 Å². The van der Waals surface area contributed by atoms with Gasteiger partial charge in [0.15, 0.2) is 0 Å². The van der Waals surface area contributed by atoms with Crippen LogP contribution >= 0.6 is 48.8 Å². The average Bonchev–Trinajstić information content (AvgIpc) is 2.79. The van der Waals surface area contributed by atoms with E-state index in [-0.39, 0.29) is 15.4 Å². The van der Waals surface area contributed by atoms with E-state index in [0.717, 1.165) is 34.1 Å². The molecule has 0 aliphatic heterocycles. The summed E-state index contributed by atoms with van der Waals surface area (Å²) in [6, 6.07) is 4.38. The van der Waals surface area contributed by atoms with Crippen molar-refractivity contribution < 1.29 is 24.1 Å². The molecule has 1 aromatic carbocycles. The highest BCUT2D eigenvalue weighted by Crippen LogP contribution is 2.46. The molecule has 0 heterocycles. The molecule has 0 bridgehead atoms. The van der Waals surface area contributed by atoms with Gasteiger partial charge in [-0.05, 0) is 39.7 Å². The molecule has 0 spiro atoms. The first-order chi connectivity index (χ1) is 17.0. The molecular formula is C27H48O5S4. The van der Waals surface area contributed by atoms with Crippen molar-refractivity contribution in [3.8, 4) is 5.75 Å². The highest BCUT2D eigenvalue weighted by atomic mass is 32.2. The van der Waals surface area contributed by atoms with Crippen LogP contribution in [0.15, 0.2) is 12.1 Å². The standard InChI is InChI=1S/C27H48O5S4/c1-26(2,3)22-19-21(20-23(24(22)28)27(4,5)6)25(35-17-13-31-9-7-29-11-15-33)36-18-14-32-10-8-30-12-16-34/h19-20,25,28,33-34H,7-18H2,1-6H3. The van der Waals surface area contributed by atoms with Gasteiger partial charge in [0, 0.05) is 23.0 Å². The van der Waals surface area contributed by atoms with Crippen LogP contribution < -0.4 is 0 Å². The molecule has 0 aliphatic rings. The van der Waals surface area contributed by atoms with Crippen molar-refractivity contribution in [2.45, 2.75) is 57.0 Å². The summed E-state index contributed by atoms with van der Waals surface area (Å²) in [6.07, 6.45) is 0. The highest BCUT2D eigenvalue weighted by molar-refractivity contribution is 8.16. The lowest BCUT2D eigenvalue weighted by Gasteiger charge is -2.30. The Morgan fingerprint density at radius 1 is 0.667 bits per heavy atom. The van der Waals surface area contributed by atoms with Gasteiger partial charge in [-0.2, -0.15) is 25.3 Å². The minimum atomic E-state index is -0.160. The van der Waals surface area contributed by atoms with E-state index in [2.05, 4.69) is 78.9 Å². The first kappa shape index (κ1) is 34.3. The van der Waals surface area contributed by atoms with Gasteiger partial charge in [-0.3, -0.25) is 0 Å². The molecule has 0 unspecified atom stereocenters. The number of phenols is 1. The molecule has 9 heteroatoms. The van der Waals surface area contributed by atoms with Crippen molar-refractivity contribution in [3.63, 3.8) is 0 Å². The van der Waals surface area contributed by atoms with Gasteiger partial charge in [0.1, 0.15) is 5.75 Å². The van der Waals surface area contributed by atoms with Gasteiger partial charge in [0.25, 0.3) is 0 Å².